The summed E-state index contributed by atoms with van der Waals surface area (Å²) in [5.41, 5.74) is 2.55. The fourth-order valence-corrected chi connectivity index (χ4v) is 2.72. The van der Waals surface area contributed by atoms with Gasteiger partial charge in [0.15, 0.2) is 6.17 Å². The maximum Gasteiger partial charge on any atom is 0.264 e. The number of allylic oxidation sites excluding steroid dienone is 3. The van der Waals surface area contributed by atoms with Crippen LogP contribution < -0.4 is 10.6 Å². The van der Waals surface area contributed by atoms with Crippen LogP contribution in [0.1, 0.15) is 33.3 Å². The zero-order valence-electron chi connectivity index (χ0n) is 15.0. The molecule has 2 aliphatic rings. The molecule has 2 atom stereocenters. The van der Waals surface area contributed by atoms with Gasteiger partial charge in [-0.1, -0.05) is 26.8 Å². The maximum absolute atomic E-state index is 13.2. The minimum absolute atomic E-state index is 0.0258. The van der Waals surface area contributed by atoms with Crippen molar-refractivity contribution in [3.05, 3.63) is 65.8 Å². The second kappa shape index (κ2) is 6.39. The van der Waals surface area contributed by atoms with Gasteiger partial charge in [-0.2, -0.15) is 0 Å². The Morgan fingerprint density at radius 3 is 2.56 bits per heavy atom. The Morgan fingerprint density at radius 2 is 1.92 bits per heavy atom. The minimum atomic E-state index is -0.527. The fourth-order valence-electron chi connectivity index (χ4n) is 2.72. The van der Waals surface area contributed by atoms with Crippen LogP contribution in [-0.4, -0.2) is 23.0 Å². The summed E-state index contributed by atoms with van der Waals surface area (Å²) in [5.74, 6) is -0.367. The monoisotopic (exact) mass is 341 g/mol. The second-order valence-corrected chi connectivity index (χ2v) is 7.52. The lowest BCUT2D eigenvalue weighted by molar-refractivity contribution is -0.126. The first-order valence-electron chi connectivity index (χ1n) is 8.48. The molecule has 25 heavy (non-hydrogen) atoms. The lowest BCUT2D eigenvalue weighted by Gasteiger charge is -2.31. The topological polar surface area (TPSA) is 44.4 Å². The van der Waals surface area contributed by atoms with E-state index in [2.05, 4.69) is 31.4 Å². The Balaban J connectivity index is 1.85. The molecule has 3 rings (SSSR count). The predicted octanol–water partition coefficient (Wildman–Crippen LogP) is 3.36. The molecule has 0 saturated heterocycles. The van der Waals surface area contributed by atoms with Gasteiger partial charge in [0.1, 0.15) is 5.82 Å². The van der Waals surface area contributed by atoms with Gasteiger partial charge in [-0.15, -0.1) is 0 Å². The second-order valence-electron chi connectivity index (χ2n) is 7.52. The van der Waals surface area contributed by atoms with Crippen molar-refractivity contribution in [3.8, 4) is 0 Å². The summed E-state index contributed by atoms with van der Waals surface area (Å²) in [5, 5.41) is 6.38. The van der Waals surface area contributed by atoms with Gasteiger partial charge in [0.05, 0.1) is 11.4 Å². The molecule has 2 heterocycles. The fraction of sp³-hybridized carbons (Fsp3) is 0.350. The summed E-state index contributed by atoms with van der Waals surface area (Å²) in [4.78, 5) is 14.7. The van der Waals surface area contributed by atoms with Gasteiger partial charge in [0.25, 0.3) is 5.91 Å². The van der Waals surface area contributed by atoms with Crippen LogP contribution in [0.2, 0.25) is 0 Å². The largest absolute Gasteiger partial charge is 0.355 e. The number of fused-ring (bicyclic) bond motifs is 1. The quantitative estimate of drug-likeness (QED) is 0.886. The Hall–Kier alpha value is -2.56. The molecular formula is C20H24FN3O. The van der Waals surface area contributed by atoms with Gasteiger partial charge < -0.3 is 15.5 Å². The number of amides is 1. The van der Waals surface area contributed by atoms with E-state index in [1.165, 1.54) is 12.1 Å². The molecule has 2 N–H and O–H groups in total. The molecule has 4 nitrogen and oxygen atoms in total. The number of hydrogen-bond acceptors (Lipinski definition) is 3. The van der Waals surface area contributed by atoms with E-state index in [0.29, 0.717) is 0 Å². The van der Waals surface area contributed by atoms with Crippen LogP contribution in [0.15, 0.2) is 54.4 Å². The summed E-state index contributed by atoms with van der Waals surface area (Å²) in [7, 11) is 0. The van der Waals surface area contributed by atoms with Crippen LogP contribution in [-0.2, 0) is 4.79 Å². The number of hydrogen-bond donors (Lipinski definition) is 2. The molecule has 0 aromatic heterocycles. The maximum atomic E-state index is 13.2. The lowest BCUT2D eigenvalue weighted by atomic mass is 9.88. The van der Waals surface area contributed by atoms with Crippen LogP contribution in [0.25, 0.3) is 5.70 Å². The molecule has 0 spiro atoms. The Bertz CT molecular complexity index is 756. The van der Waals surface area contributed by atoms with E-state index < -0.39 is 6.17 Å². The standard InChI is InChI=1S/C20H24FN3O/c1-13(20(2,3)4)22-19(25)18-23-17(14-8-10-15(21)11-9-14)16-7-5-6-12-24(16)18/h5-13,18,23H,1-4H3,(H,22,25)/t13-,18?/m0/s1. The zero-order valence-corrected chi connectivity index (χ0v) is 15.0. The number of halogens is 1. The summed E-state index contributed by atoms with van der Waals surface area (Å²) < 4.78 is 13.2. The highest BCUT2D eigenvalue weighted by Crippen LogP contribution is 2.31. The highest BCUT2D eigenvalue weighted by atomic mass is 19.1. The number of nitrogens with zero attached hydrogens (tertiary/aromatic N) is 1. The summed E-state index contributed by atoms with van der Waals surface area (Å²) in [6.45, 7) is 8.29. The van der Waals surface area contributed by atoms with Crippen molar-refractivity contribution >= 4 is 11.6 Å². The molecule has 132 valence electrons. The molecule has 0 radical (unpaired) electrons. The molecule has 0 fully saturated rings. The molecule has 1 unspecified atom stereocenters. The van der Waals surface area contributed by atoms with Crippen molar-refractivity contribution in [2.75, 3.05) is 0 Å². The van der Waals surface area contributed by atoms with Crippen LogP contribution in [0, 0.1) is 11.2 Å². The van der Waals surface area contributed by atoms with E-state index in [4.69, 9.17) is 0 Å². The van der Waals surface area contributed by atoms with Crippen LogP contribution in [0.4, 0.5) is 4.39 Å². The lowest BCUT2D eigenvalue weighted by Crippen LogP contribution is -2.52. The van der Waals surface area contributed by atoms with E-state index in [0.717, 1.165) is 17.0 Å². The molecule has 0 bridgehead atoms. The number of carbonyl (C=O) groups excluding carboxylic acids is 1. The van der Waals surface area contributed by atoms with Gasteiger partial charge in [0, 0.05) is 12.2 Å². The first-order valence-corrected chi connectivity index (χ1v) is 8.48. The molecule has 1 aromatic carbocycles. The number of nitrogens with one attached hydrogen (secondary N) is 2. The molecule has 5 heteroatoms. The van der Waals surface area contributed by atoms with Crippen molar-refractivity contribution < 1.29 is 9.18 Å². The van der Waals surface area contributed by atoms with Crippen molar-refractivity contribution in [2.24, 2.45) is 5.41 Å². The average molecular weight is 341 g/mol. The predicted molar refractivity (Wildman–Crippen MR) is 97.4 cm³/mol. The highest BCUT2D eigenvalue weighted by molar-refractivity contribution is 5.87. The van der Waals surface area contributed by atoms with Crippen molar-refractivity contribution in [3.63, 3.8) is 0 Å². The van der Waals surface area contributed by atoms with E-state index >= 15 is 0 Å². The van der Waals surface area contributed by atoms with Crippen molar-refractivity contribution in [2.45, 2.75) is 39.9 Å². The molecule has 1 amide bonds. The Labute approximate surface area is 148 Å². The molecule has 1 aromatic rings. The van der Waals surface area contributed by atoms with E-state index in [1.54, 1.807) is 12.1 Å². The van der Waals surface area contributed by atoms with Crippen LogP contribution in [0.5, 0.6) is 0 Å². The van der Waals surface area contributed by atoms with Gasteiger partial charge in [-0.05, 0) is 54.3 Å². The highest BCUT2D eigenvalue weighted by Gasteiger charge is 2.36. The third kappa shape index (κ3) is 3.45. The van der Waals surface area contributed by atoms with Gasteiger partial charge in [-0.25, -0.2) is 4.39 Å². The molecule has 0 saturated carbocycles. The first kappa shape index (κ1) is 17.3. The number of benzene rings is 1. The SMILES string of the molecule is C[C@H](NC(=O)C1NC(c2ccc(F)cc2)=C2C=CC=CN21)C(C)(C)C. The van der Waals surface area contributed by atoms with Crippen molar-refractivity contribution in [1.82, 2.24) is 15.5 Å². The average Bonchev–Trinajstić information content (AvgIpc) is 2.94. The first-order chi connectivity index (χ1) is 11.8. The van der Waals surface area contributed by atoms with Crippen LogP contribution >= 0.6 is 0 Å². The van der Waals surface area contributed by atoms with Crippen molar-refractivity contribution in [1.29, 1.82) is 0 Å². The van der Waals surface area contributed by atoms with E-state index in [-0.39, 0.29) is 23.2 Å². The summed E-state index contributed by atoms with van der Waals surface area (Å²) in [6.07, 6.45) is 7.12. The molecular weight excluding hydrogens is 317 g/mol. The number of rotatable bonds is 3. The van der Waals surface area contributed by atoms with E-state index in [9.17, 15) is 9.18 Å². The van der Waals surface area contributed by atoms with Gasteiger partial charge in [-0.3, -0.25) is 4.79 Å². The van der Waals surface area contributed by atoms with Gasteiger partial charge in [0.2, 0.25) is 0 Å². The van der Waals surface area contributed by atoms with E-state index in [1.807, 2.05) is 36.3 Å². The van der Waals surface area contributed by atoms with Crippen LogP contribution in [0.3, 0.4) is 0 Å². The smallest absolute Gasteiger partial charge is 0.264 e. The third-order valence-electron chi connectivity index (χ3n) is 4.74. The Morgan fingerprint density at radius 1 is 1.24 bits per heavy atom. The zero-order chi connectivity index (χ0) is 18.2. The molecule has 0 aliphatic carbocycles. The minimum Gasteiger partial charge on any atom is -0.355 e. The number of carbonyl (C=O) groups is 1. The summed E-state index contributed by atoms with van der Waals surface area (Å²) in [6, 6.07) is 6.31. The Kier molecular flexibility index (Phi) is 4.41. The normalized spacial score (nSPS) is 20.4. The summed E-state index contributed by atoms with van der Waals surface area (Å²) >= 11 is 0. The molecule has 2 aliphatic heterocycles. The third-order valence-corrected chi connectivity index (χ3v) is 4.74. The van der Waals surface area contributed by atoms with Gasteiger partial charge >= 0.3 is 0 Å².